The zero-order valence-corrected chi connectivity index (χ0v) is 11.5. The summed E-state index contributed by atoms with van der Waals surface area (Å²) in [6.45, 7) is 6.78. The second kappa shape index (κ2) is 6.18. The molecule has 1 aromatic rings. The standard InChI is InChI=1S/C13H25N5/c1-3-15-13-17-16-12(18(13)4-2)11-8-6-5-7-10(11)9-14/h10-11H,3-9,14H2,1-2H3,(H,15,17). The predicted octanol–water partition coefficient (Wildman–Crippen LogP) is 1.96. The van der Waals surface area contributed by atoms with E-state index in [2.05, 4.69) is 33.9 Å². The van der Waals surface area contributed by atoms with Crippen LogP contribution in [0.3, 0.4) is 0 Å². The van der Waals surface area contributed by atoms with Crippen molar-refractivity contribution in [1.29, 1.82) is 0 Å². The van der Waals surface area contributed by atoms with Gasteiger partial charge in [0.2, 0.25) is 5.95 Å². The molecular formula is C13H25N5. The molecule has 0 aromatic carbocycles. The highest BCUT2D eigenvalue weighted by Gasteiger charge is 2.30. The lowest BCUT2D eigenvalue weighted by molar-refractivity contribution is 0.298. The maximum Gasteiger partial charge on any atom is 0.224 e. The first-order valence-corrected chi connectivity index (χ1v) is 7.18. The van der Waals surface area contributed by atoms with Crippen molar-refractivity contribution >= 4 is 5.95 Å². The van der Waals surface area contributed by atoms with E-state index in [9.17, 15) is 0 Å². The fourth-order valence-corrected chi connectivity index (χ4v) is 3.02. The molecule has 3 N–H and O–H groups in total. The van der Waals surface area contributed by atoms with E-state index in [-0.39, 0.29) is 0 Å². The normalized spacial score (nSPS) is 24.2. The van der Waals surface area contributed by atoms with Crippen LogP contribution in [0.15, 0.2) is 0 Å². The van der Waals surface area contributed by atoms with E-state index in [0.29, 0.717) is 11.8 Å². The van der Waals surface area contributed by atoms with Gasteiger partial charge in [-0.25, -0.2) is 0 Å². The quantitative estimate of drug-likeness (QED) is 0.839. The van der Waals surface area contributed by atoms with E-state index in [1.165, 1.54) is 25.7 Å². The van der Waals surface area contributed by atoms with Gasteiger partial charge in [-0.05, 0) is 39.2 Å². The summed E-state index contributed by atoms with van der Waals surface area (Å²) in [4.78, 5) is 0. The zero-order valence-electron chi connectivity index (χ0n) is 11.5. The Labute approximate surface area is 109 Å². The van der Waals surface area contributed by atoms with Crippen molar-refractivity contribution in [2.45, 2.75) is 52.0 Å². The van der Waals surface area contributed by atoms with Gasteiger partial charge in [-0.15, -0.1) is 10.2 Å². The molecule has 102 valence electrons. The number of rotatable bonds is 5. The molecule has 0 radical (unpaired) electrons. The number of hydrogen-bond donors (Lipinski definition) is 2. The molecule has 2 atom stereocenters. The van der Waals surface area contributed by atoms with E-state index >= 15 is 0 Å². The number of hydrogen-bond acceptors (Lipinski definition) is 4. The summed E-state index contributed by atoms with van der Waals surface area (Å²) in [5.74, 6) is 3.09. The highest BCUT2D eigenvalue weighted by atomic mass is 15.3. The van der Waals surface area contributed by atoms with Gasteiger partial charge in [0.25, 0.3) is 0 Å². The van der Waals surface area contributed by atoms with Gasteiger partial charge in [0, 0.05) is 19.0 Å². The van der Waals surface area contributed by atoms with Gasteiger partial charge < -0.3 is 11.1 Å². The van der Waals surface area contributed by atoms with Gasteiger partial charge >= 0.3 is 0 Å². The lowest BCUT2D eigenvalue weighted by Crippen LogP contribution is -2.27. The van der Waals surface area contributed by atoms with Crippen molar-refractivity contribution in [2.75, 3.05) is 18.4 Å². The van der Waals surface area contributed by atoms with Crippen molar-refractivity contribution in [2.24, 2.45) is 11.7 Å². The molecule has 2 rings (SSSR count). The van der Waals surface area contributed by atoms with Gasteiger partial charge in [-0.3, -0.25) is 4.57 Å². The molecule has 0 aliphatic heterocycles. The van der Waals surface area contributed by atoms with Gasteiger partial charge in [-0.1, -0.05) is 12.8 Å². The molecule has 0 amide bonds. The maximum absolute atomic E-state index is 5.91. The Hall–Kier alpha value is -1.10. The van der Waals surface area contributed by atoms with Gasteiger partial charge in [0.1, 0.15) is 5.82 Å². The van der Waals surface area contributed by atoms with Crippen LogP contribution in [0, 0.1) is 5.92 Å². The Bertz CT molecular complexity index is 373. The molecule has 1 fully saturated rings. The second-order valence-electron chi connectivity index (χ2n) is 5.04. The van der Waals surface area contributed by atoms with Crippen LogP contribution in [-0.4, -0.2) is 27.9 Å². The monoisotopic (exact) mass is 251 g/mol. The summed E-state index contributed by atoms with van der Waals surface area (Å²) in [6, 6.07) is 0. The van der Waals surface area contributed by atoms with Crippen LogP contribution in [0.25, 0.3) is 0 Å². The molecule has 5 heteroatoms. The van der Waals surface area contributed by atoms with Gasteiger partial charge in [-0.2, -0.15) is 0 Å². The number of aromatic nitrogens is 3. The largest absolute Gasteiger partial charge is 0.355 e. The minimum atomic E-state index is 0.489. The van der Waals surface area contributed by atoms with Crippen LogP contribution < -0.4 is 11.1 Å². The predicted molar refractivity (Wildman–Crippen MR) is 73.6 cm³/mol. The molecule has 1 heterocycles. The summed E-state index contributed by atoms with van der Waals surface area (Å²) in [5.41, 5.74) is 5.91. The van der Waals surface area contributed by atoms with Crippen LogP contribution in [0.1, 0.15) is 51.3 Å². The van der Waals surface area contributed by atoms with Crippen molar-refractivity contribution in [3.05, 3.63) is 5.82 Å². The van der Waals surface area contributed by atoms with E-state index in [4.69, 9.17) is 5.73 Å². The van der Waals surface area contributed by atoms with Crippen molar-refractivity contribution < 1.29 is 0 Å². The van der Waals surface area contributed by atoms with Crippen LogP contribution in [0.4, 0.5) is 5.95 Å². The van der Waals surface area contributed by atoms with E-state index in [1.807, 2.05) is 0 Å². The van der Waals surface area contributed by atoms with Crippen molar-refractivity contribution in [3.63, 3.8) is 0 Å². The Kier molecular flexibility index (Phi) is 4.58. The average Bonchev–Trinajstić information content (AvgIpc) is 2.81. The van der Waals surface area contributed by atoms with E-state index in [1.54, 1.807) is 0 Å². The van der Waals surface area contributed by atoms with E-state index < -0.39 is 0 Å². The molecule has 1 aliphatic carbocycles. The molecule has 18 heavy (non-hydrogen) atoms. The number of nitrogens with one attached hydrogen (secondary N) is 1. The highest BCUT2D eigenvalue weighted by Crippen LogP contribution is 2.36. The van der Waals surface area contributed by atoms with Crippen LogP contribution in [-0.2, 0) is 6.54 Å². The SMILES string of the molecule is CCNc1nnc(C2CCCCC2CN)n1CC. The molecule has 0 spiro atoms. The van der Waals surface area contributed by atoms with Gasteiger partial charge in [0.05, 0.1) is 0 Å². The number of anilines is 1. The molecule has 1 aromatic heterocycles. The van der Waals surface area contributed by atoms with Crippen LogP contribution in [0.5, 0.6) is 0 Å². The molecule has 0 bridgehead atoms. The first-order chi connectivity index (χ1) is 8.81. The smallest absolute Gasteiger partial charge is 0.224 e. The Morgan fingerprint density at radius 1 is 1.28 bits per heavy atom. The summed E-state index contributed by atoms with van der Waals surface area (Å²) < 4.78 is 2.21. The van der Waals surface area contributed by atoms with Crippen LogP contribution >= 0.6 is 0 Å². The molecule has 0 saturated heterocycles. The maximum atomic E-state index is 5.91. The molecule has 1 aliphatic rings. The summed E-state index contributed by atoms with van der Waals surface area (Å²) in [5, 5.41) is 12.0. The Morgan fingerprint density at radius 3 is 2.72 bits per heavy atom. The van der Waals surface area contributed by atoms with Crippen molar-refractivity contribution in [3.8, 4) is 0 Å². The topological polar surface area (TPSA) is 68.8 Å². The highest BCUT2D eigenvalue weighted by molar-refractivity contribution is 5.27. The minimum absolute atomic E-state index is 0.489. The fourth-order valence-electron chi connectivity index (χ4n) is 3.02. The zero-order chi connectivity index (χ0) is 13.0. The summed E-state index contributed by atoms with van der Waals surface area (Å²) >= 11 is 0. The molecule has 5 nitrogen and oxygen atoms in total. The Balaban J connectivity index is 2.25. The first kappa shape index (κ1) is 13.3. The van der Waals surface area contributed by atoms with Crippen molar-refractivity contribution in [1.82, 2.24) is 14.8 Å². The van der Waals surface area contributed by atoms with Gasteiger partial charge in [0.15, 0.2) is 0 Å². The third-order valence-corrected chi connectivity index (χ3v) is 3.97. The fraction of sp³-hybridized carbons (Fsp3) is 0.846. The van der Waals surface area contributed by atoms with E-state index in [0.717, 1.165) is 31.4 Å². The summed E-state index contributed by atoms with van der Waals surface area (Å²) in [7, 11) is 0. The Morgan fingerprint density at radius 2 is 2.06 bits per heavy atom. The second-order valence-corrected chi connectivity index (χ2v) is 5.04. The molecular weight excluding hydrogens is 226 g/mol. The average molecular weight is 251 g/mol. The third kappa shape index (κ3) is 2.51. The third-order valence-electron chi connectivity index (χ3n) is 3.97. The molecule has 1 saturated carbocycles. The first-order valence-electron chi connectivity index (χ1n) is 7.18. The lowest BCUT2D eigenvalue weighted by atomic mass is 9.79. The van der Waals surface area contributed by atoms with Crippen LogP contribution in [0.2, 0.25) is 0 Å². The minimum Gasteiger partial charge on any atom is -0.355 e. The number of nitrogens with zero attached hydrogens (tertiary/aromatic N) is 3. The summed E-state index contributed by atoms with van der Waals surface area (Å²) in [6.07, 6.45) is 5.02. The lowest BCUT2D eigenvalue weighted by Gasteiger charge is -2.30. The number of nitrogens with two attached hydrogens (primary N) is 1. The molecule has 2 unspecified atom stereocenters.